The maximum absolute atomic E-state index is 11.9. The van der Waals surface area contributed by atoms with E-state index in [1.54, 1.807) is 36.9 Å². The Kier molecular flexibility index (Phi) is 4.80. The second kappa shape index (κ2) is 7.17. The third-order valence-electron chi connectivity index (χ3n) is 3.02. The number of pyridine rings is 1. The molecule has 3 rings (SSSR count). The number of hydrogen-bond acceptors (Lipinski definition) is 5. The van der Waals surface area contributed by atoms with E-state index >= 15 is 0 Å². The predicted molar refractivity (Wildman–Crippen MR) is 90.0 cm³/mol. The lowest BCUT2D eigenvalue weighted by Gasteiger charge is -2.03. The van der Waals surface area contributed by atoms with Gasteiger partial charge in [0, 0.05) is 35.2 Å². The van der Waals surface area contributed by atoms with Crippen LogP contribution in [0, 0.1) is 0 Å². The Balaban J connectivity index is 1.64. The van der Waals surface area contributed by atoms with Gasteiger partial charge < -0.3 is 4.57 Å². The number of hydrazone groups is 1. The summed E-state index contributed by atoms with van der Waals surface area (Å²) in [4.78, 5) is 20.8. The normalized spacial score (nSPS) is 11.0. The summed E-state index contributed by atoms with van der Waals surface area (Å²) < 4.78 is 2.51. The molecule has 0 aromatic carbocycles. The zero-order valence-electron chi connectivity index (χ0n) is 11.9. The maximum Gasteiger partial charge on any atom is 0.271 e. The van der Waals surface area contributed by atoms with Crippen molar-refractivity contribution in [1.29, 1.82) is 0 Å². The minimum atomic E-state index is -0.281. The van der Waals surface area contributed by atoms with Gasteiger partial charge in [0.15, 0.2) is 4.47 Å². The lowest BCUT2D eigenvalue weighted by Crippen LogP contribution is -2.17. The summed E-state index contributed by atoms with van der Waals surface area (Å²) in [5.41, 5.74) is 3.86. The van der Waals surface area contributed by atoms with E-state index in [1.807, 2.05) is 22.9 Å². The lowest BCUT2D eigenvalue weighted by molar-refractivity contribution is 0.0955. The predicted octanol–water partition coefficient (Wildman–Crippen LogP) is 2.81. The third-order valence-corrected chi connectivity index (χ3v) is 4.12. The fraction of sp³-hybridized carbons (Fsp3) is 0.0667. The Morgan fingerprint density at radius 1 is 1.39 bits per heavy atom. The second-order valence-corrected chi connectivity index (χ2v) is 6.27. The molecule has 8 heteroatoms. The van der Waals surface area contributed by atoms with Gasteiger partial charge in [0.2, 0.25) is 0 Å². The number of rotatable bonds is 5. The average Bonchev–Trinajstić information content (AvgIpc) is 3.18. The summed E-state index contributed by atoms with van der Waals surface area (Å²) in [6.07, 6.45) is 8.40. The van der Waals surface area contributed by atoms with Gasteiger partial charge >= 0.3 is 0 Å². The molecule has 23 heavy (non-hydrogen) atoms. The molecule has 0 radical (unpaired) electrons. The van der Waals surface area contributed by atoms with E-state index in [9.17, 15) is 4.79 Å². The molecular weight excluding hydrogens is 334 g/mol. The van der Waals surface area contributed by atoms with E-state index in [4.69, 9.17) is 11.6 Å². The summed E-state index contributed by atoms with van der Waals surface area (Å²) in [6.45, 7) is 0.650. The molecule has 0 fully saturated rings. The highest BCUT2D eigenvalue weighted by atomic mass is 35.5. The summed E-state index contributed by atoms with van der Waals surface area (Å²) in [7, 11) is 0. The van der Waals surface area contributed by atoms with Gasteiger partial charge in [-0.05, 0) is 24.3 Å². The molecule has 6 nitrogen and oxygen atoms in total. The molecular formula is C15H12ClN5OS. The number of halogens is 1. The Hall–Kier alpha value is -2.51. The van der Waals surface area contributed by atoms with Gasteiger partial charge in [0.1, 0.15) is 0 Å². The average molecular weight is 346 g/mol. The van der Waals surface area contributed by atoms with Gasteiger partial charge in [-0.3, -0.25) is 9.78 Å². The summed E-state index contributed by atoms with van der Waals surface area (Å²) in [5, 5.41) is 3.99. The second-order valence-electron chi connectivity index (χ2n) is 4.58. The zero-order valence-corrected chi connectivity index (χ0v) is 13.5. The van der Waals surface area contributed by atoms with E-state index in [2.05, 4.69) is 20.5 Å². The molecule has 1 amide bonds. The fourth-order valence-electron chi connectivity index (χ4n) is 1.94. The summed E-state index contributed by atoms with van der Waals surface area (Å²) in [6, 6.07) is 7.07. The van der Waals surface area contributed by atoms with Gasteiger partial charge in [-0.2, -0.15) is 5.10 Å². The van der Waals surface area contributed by atoms with Crippen molar-refractivity contribution in [2.45, 2.75) is 6.54 Å². The first-order chi connectivity index (χ1) is 11.2. The van der Waals surface area contributed by atoms with Crippen molar-refractivity contribution in [1.82, 2.24) is 20.0 Å². The quantitative estimate of drug-likeness (QED) is 0.571. The SMILES string of the molecule is O=C(N/N=C/c1cccn1Cc1cnc(Cl)s1)c1ccncc1. The molecule has 116 valence electrons. The first kappa shape index (κ1) is 15.4. The highest BCUT2D eigenvalue weighted by Gasteiger charge is 2.05. The van der Waals surface area contributed by atoms with Crippen LogP contribution < -0.4 is 5.43 Å². The van der Waals surface area contributed by atoms with Crippen molar-refractivity contribution in [3.8, 4) is 0 Å². The fourth-order valence-corrected chi connectivity index (χ4v) is 2.91. The largest absolute Gasteiger partial charge is 0.341 e. The number of nitrogens with zero attached hydrogens (tertiary/aromatic N) is 4. The Morgan fingerprint density at radius 2 is 2.22 bits per heavy atom. The number of hydrogen-bond donors (Lipinski definition) is 1. The van der Waals surface area contributed by atoms with Crippen LogP contribution in [0.2, 0.25) is 4.47 Å². The minimum absolute atomic E-state index is 0.281. The molecule has 0 saturated heterocycles. The number of amides is 1. The lowest BCUT2D eigenvalue weighted by atomic mass is 10.3. The van der Waals surface area contributed by atoms with Crippen LogP contribution >= 0.6 is 22.9 Å². The van der Waals surface area contributed by atoms with E-state index < -0.39 is 0 Å². The maximum atomic E-state index is 11.9. The van der Waals surface area contributed by atoms with Crippen LogP contribution in [0.4, 0.5) is 0 Å². The van der Waals surface area contributed by atoms with Crippen molar-refractivity contribution in [2.75, 3.05) is 0 Å². The van der Waals surface area contributed by atoms with Crippen LogP contribution in [0.1, 0.15) is 20.9 Å². The first-order valence-corrected chi connectivity index (χ1v) is 7.90. The van der Waals surface area contributed by atoms with Crippen LogP contribution in [0.25, 0.3) is 0 Å². The molecule has 0 aliphatic carbocycles. The summed E-state index contributed by atoms with van der Waals surface area (Å²) >= 11 is 7.27. The van der Waals surface area contributed by atoms with E-state index in [1.165, 1.54) is 11.3 Å². The minimum Gasteiger partial charge on any atom is -0.341 e. The van der Waals surface area contributed by atoms with E-state index in [0.29, 0.717) is 16.6 Å². The van der Waals surface area contributed by atoms with Crippen LogP contribution in [0.5, 0.6) is 0 Å². The topological polar surface area (TPSA) is 72.2 Å². The number of nitrogens with one attached hydrogen (secondary N) is 1. The number of carbonyl (C=O) groups is 1. The van der Waals surface area contributed by atoms with Crippen LogP contribution in [0.3, 0.4) is 0 Å². The van der Waals surface area contributed by atoms with Crippen molar-refractivity contribution >= 4 is 35.1 Å². The molecule has 1 N–H and O–H groups in total. The smallest absolute Gasteiger partial charge is 0.271 e. The van der Waals surface area contributed by atoms with Gasteiger partial charge in [-0.15, -0.1) is 11.3 Å². The van der Waals surface area contributed by atoms with Gasteiger partial charge in [0.25, 0.3) is 5.91 Å². The van der Waals surface area contributed by atoms with Gasteiger partial charge in [0.05, 0.1) is 18.5 Å². The Labute approximate surface area is 141 Å². The van der Waals surface area contributed by atoms with Crippen molar-refractivity contribution < 1.29 is 4.79 Å². The van der Waals surface area contributed by atoms with E-state index in [0.717, 1.165) is 10.6 Å². The third kappa shape index (κ3) is 4.02. The van der Waals surface area contributed by atoms with E-state index in [-0.39, 0.29) is 5.91 Å². The number of carbonyl (C=O) groups excluding carboxylic acids is 1. The molecule has 3 aromatic heterocycles. The highest BCUT2D eigenvalue weighted by Crippen LogP contribution is 2.19. The molecule has 0 saturated carbocycles. The molecule has 0 bridgehead atoms. The molecule has 0 aliphatic heterocycles. The van der Waals surface area contributed by atoms with Gasteiger partial charge in [-0.25, -0.2) is 10.4 Å². The van der Waals surface area contributed by atoms with Crippen molar-refractivity contribution in [2.24, 2.45) is 5.10 Å². The Morgan fingerprint density at radius 3 is 2.96 bits per heavy atom. The number of aromatic nitrogens is 3. The monoisotopic (exact) mass is 345 g/mol. The summed E-state index contributed by atoms with van der Waals surface area (Å²) in [5.74, 6) is -0.281. The van der Waals surface area contributed by atoms with Crippen molar-refractivity contribution in [3.05, 3.63) is 69.7 Å². The van der Waals surface area contributed by atoms with Crippen LogP contribution in [0.15, 0.2) is 54.2 Å². The molecule has 0 spiro atoms. The standard InChI is InChI=1S/C15H12ClN5OS/c16-15-18-9-13(23-15)10-21-7-1-2-12(21)8-19-20-14(22)11-3-5-17-6-4-11/h1-9H,10H2,(H,20,22)/b19-8+. The molecule has 0 aliphatic rings. The molecule has 3 heterocycles. The zero-order chi connectivity index (χ0) is 16.1. The van der Waals surface area contributed by atoms with Crippen LogP contribution in [-0.4, -0.2) is 26.7 Å². The molecule has 0 unspecified atom stereocenters. The highest BCUT2D eigenvalue weighted by molar-refractivity contribution is 7.15. The Bertz CT molecular complexity index is 827. The van der Waals surface area contributed by atoms with Gasteiger partial charge in [-0.1, -0.05) is 11.6 Å². The molecule has 0 atom stereocenters. The van der Waals surface area contributed by atoms with Crippen molar-refractivity contribution in [3.63, 3.8) is 0 Å². The number of thiazole rings is 1. The molecule has 3 aromatic rings. The first-order valence-electron chi connectivity index (χ1n) is 6.71. The van der Waals surface area contributed by atoms with Crippen LogP contribution in [-0.2, 0) is 6.54 Å².